The summed E-state index contributed by atoms with van der Waals surface area (Å²) in [5.74, 6) is 0. The normalized spacial score (nSPS) is 11.7. The first-order valence-corrected chi connectivity index (χ1v) is 3.55. The van der Waals surface area contributed by atoms with Crippen molar-refractivity contribution in [1.82, 2.24) is 0 Å². The van der Waals surface area contributed by atoms with Gasteiger partial charge in [0.05, 0.1) is 0 Å². The van der Waals surface area contributed by atoms with Gasteiger partial charge in [0.1, 0.15) is 0 Å². The van der Waals surface area contributed by atoms with Crippen molar-refractivity contribution in [1.29, 1.82) is 0 Å². The van der Waals surface area contributed by atoms with Gasteiger partial charge in [-0.3, -0.25) is 0 Å². The number of rotatable bonds is 1. The van der Waals surface area contributed by atoms with Crippen LogP contribution in [0.3, 0.4) is 0 Å². The molecule has 0 fully saturated rings. The Kier molecular flexibility index (Phi) is 2.28. The quantitative estimate of drug-likeness (QED) is 0.395. The SMILES string of the molecule is Cc1cccc([N+]([O-])=NO)c1C. The lowest BCUT2D eigenvalue weighted by Gasteiger charge is -2.02. The Bertz CT molecular complexity index is 321. The van der Waals surface area contributed by atoms with Gasteiger partial charge in [0, 0.05) is 11.6 Å². The largest absolute Gasteiger partial charge is 0.592 e. The second-order valence-corrected chi connectivity index (χ2v) is 2.58. The van der Waals surface area contributed by atoms with E-state index < -0.39 is 0 Å². The van der Waals surface area contributed by atoms with Crippen molar-refractivity contribution in [3.05, 3.63) is 34.5 Å². The lowest BCUT2D eigenvalue weighted by molar-refractivity contribution is -0.474. The predicted molar refractivity (Wildman–Crippen MR) is 43.4 cm³/mol. The highest BCUT2D eigenvalue weighted by Gasteiger charge is 2.08. The lowest BCUT2D eigenvalue weighted by Crippen LogP contribution is -1.94. The molecule has 4 nitrogen and oxygen atoms in total. The van der Waals surface area contributed by atoms with Crippen LogP contribution < -0.4 is 0 Å². The minimum atomic E-state index is 0.197. The summed E-state index contributed by atoms with van der Waals surface area (Å²) >= 11 is 0. The van der Waals surface area contributed by atoms with E-state index in [0.29, 0.717) is 5.69 Å². The average molecular weight is 166 g/mol. The van der Waals surface area contributed by atoms with E-state index in [1.54, 1.807) is 19.1 Å². The Morgan fingerprint density at radius 2 is 2.08 bits per heavy atom. The second-order valence-electron chi connectivity index (χ2n) is 2.58. The highest BCUT2D eigenvalue weighted by molar-refractivity contribution is 5.43. The molecule has 0 aromatic heterocycles. The molecule has 0 unspecified atom stereocenters. The van der Waals surface area contributed by atoms with Gasteiger partial charge >= 0.3 is 0 Å². The van der Waals surface area contributed by atoms with Gasteiger partial charge in [0.2, 0.25) is 5.28 Å². The summed E-state index contributed by atoms with van der Waals surface area (Å²) in [5.41, 5.74) is 2.19. The van der Waals surface area contributed by atoms with Crippen LogP contribution in [0.2, 0.25) is 0 Å². The molecule has 64 valence electrons. The Hall–Kier alpha value is -1.58. The Labute approximate surface area is 70.3 Å². The fraction of sp³-hybridized carbons (Fsp3) is 0.250. The van der Waals surface area contributed by atoms with E-state index >= 15 is 0 Å². The number of nitrogens with zero attached hydrogens (tertiary/aromatic N) is 2. The summed E-state index contributed by atoms with van der Waals surface area (Å²) in [7, 11) is 0. The molecule has 0 radical (unpaired) electrons. The van der Waals surface area contributed by atoms with E-state index in [4.69, 9.17) is 5.21 Å². The molecule has 0 amide bonds. The maximum absolute atomic E-state index is 10.9. The number of aryl methyl sites for hydroxylation is 1. The molecule has 0 saturated heterocycles. The molecule has 1 rings (SSSR count). The van der Waals surface area contributed by atoms with Gasteiger partial charge in [-0.05, 0) is 24.3 Å². The molecule has 0 aliphatic carbocycles. The van der Waals surface area contributed by atoms with Crippen LogP contribution in [-0.2, 0) is 0 Å². The van der Waals surface area contributed by atoms with Gasteiger partial charge in [0.25, 0.3) is 5.69 Å². The van der Waals surface area contributed by atoms with E-state index in [1.165, 1.54) is 0 Å². The van der Waals surface area contributed by atoms with Crippen molar-refractivity contribution in [2.45, 2.75) is 13.8 Å². The maximum atomic E-state index is 10.9. The fourth-order valence-corrected chi connectivity index (χ4v) is 0.991. The van der Waals surface area contributed by atoms with Crippen LogP contribution in [0.25, 0.3) is 0 Å². The summed E-state index contributed by atoms with van der Waals surface area (Å²) in [4.78, 5) is 0.197. The predicted octanol–water partition coefficient (Wildman–Crippen LogP) is 2.29. The van der Waals surface area contributed by atoms with Crippen LogP contribution >= 0.6 is 0 Å². The van der Waals surface area contributed by atoms with Crippen molar-refractivity contribution in [3.8, 4) is 0 Å². The van der Waals surface area contributed by atoms with Crippen LogP contribution in [-0.4, -0.2) is 10.1 Å². The summed E-state index contributed by atoms with van der Waals surface area (Å²) < 4.78 is 0. The van der Waals surface area contributed by atoms with Crippen LogP contribution in [0.5, 0.6) is 0 Å². The molecular formula is C8H10N2O2. The number of hydrogen-bond acceptors (Lipinski definition) is 2. The zero-order valence-electron chi connectivity index (χ0n) is 6.98. The Balaban J connectivity index is 3.26. The summed E-state index contributed by atoms with van der Waals surface area (Å²) in [6, 6.07) is 5.24. The topological polar surface area (TPSA) is 58.7 Å². The maximum Gasteiger partial charge on any atom is 0.251 e. The zero-order chi connectivity index (χ0) is 9.14. The van der Waals surface area contributed by atoms with Gasteiger partial charge in [-0.2, -0.15) is 0 Å². The fourth-order valence-electron chi connectivity index (χ4n) is 0.991. The third-order valence-corrected chi connectivity index (χ3v) is 1.86. The third-order valence-electron chi connectivity index (χ3n) is 1.86. The third kappa shape index (κ3) is 1.37. The number of hydrogen-bond donors (Lipinski definition) is 1. The van der Waals surface area contributed by atoms with Crippen molar-refractivity contribution in [3.63, 3.8) is 0 Å². The summed E-state index contributed by atoms with van der Waals surface area (Å²) in [5, 5.41) is 21.7. The minimum Gasteiger partial charge on any atom is -0.592 e. The van der Waals surface area contributed by atoms with Crippen molar-refractivity contribution >= 4 is 5.69 Å². The lowest BCUT2D eigenvalue weighted by atomic mass is 10.1. The molecule has 0 aliphatic rings. The number of benzene rings is 1. The van der Waals surface area contributed by atoms with Gasteiger partial charge in [-0.25, -0.2) is 0 Å². The highest BCUT2D eigenvalue weighted by Crippen LogP contribution is 2.20. The molecule has 1 aromatic rings. The van der Waals surface area contributed by atoms with E-state index in [0.717, 1.165) is 11.1 Å². The molecule has 1 aromatic carbocycles. The van der Waals surface area contributed by atoms with Crippen molar-refractivity contribution in [2.75, 3.05) is 0 Å². The van der Waals surface area contributed by atoms with Crippen molar-refractivity contribution in [2.24, 2.45) is 5.28 Å². The van der Waals surface area contributed by atoms with E-state index in [9.17, 15) is 5.21 Å². The van der Waals surface area contributed by atoms with E-state index in [2.05, 4.69) is 5.28 Å². The van der Waals surface area contributed by atoms with Crippen LogP contribution in [0.15, 0.2) is 23.5 Å². The molecule has 0 bridgehead atoms. The molecule has 0 heterocycles. The van der Waals surface area contributed by atoms with Crippen LogP contribution in [0.4, 0.5) is 5.69 Å². The highest BCUT2D eigenvalue weighted by atomic mass is 16.6. The minimum absolute atomic E-state index is 0.197. The summed E-state index contributed by atoms with van der Waals surface area (Å²) in [6.45, 7) is 3.70. The Morgan fingerprint density at radius 3 is 2.67 bits per heavy atom. The first-order chi connectivity index (χ1) is 5.66. The van der Waals surface area contributed by atoms with Gasteiger partial charge in [0.15, 0.2) is 0 Å². The monoisotopic (exact) mass is 166 g/mol. The van der Waals surface area contributed by atoms with Crippen LogP contribution in [0, 0.1) is 19.1 Å². The van der Waals surface area contributed by atoms with E-state index in [-0.39, 0.29) is 4.86 Å². The molecule has 0 aliphatic heterocycles. The first kappa shape index (κ1) is 8.52. The zero-order valence-corrected chi connectivity index (χ0v) is 6.98. The smallest absolute Gasteiger partial charge is 0.251 e. The van der Waals surface area contributed by atoms with Gasteiger partial charge in [-0.1, -0.05) is 12.1 Å². The first-order valence-electron chi connectivity index (χ1n) is 3.55. The van der Waals surface area contributed by atoms with Gasteiger partial charge < -0.3 is 10.4 Å². The molecule has 0 saturated carbocycles. The van der Waals surface area contributed by atoms with E-state index in [1.807, 2.05) is 13.0 Å². The average Bonchev–Trinajstić information content (AvgIpc) is 2.08. The molecule has 0 spiro atoms. The standard InChI is InChI=1S/C8H10N2O2/c1-6-4-3-5-8(7(6)2)10(12)9-11/h3-5,11H,1-2H3. The molecule has 1 N–H and O–H groups in total. The summed E-state index contributed by atoms with van der Waals surface area (Å²) in [6.07, 6.45) is 0. The molecule has 4 heteroatoms. The van der Waals surface area contributed by atoms with Gasteiger partial charge in [-0.15, -0.1) is 0 Å². The second kappa shape index (κ2) is 3.21. The molecule has 12 heavy (non-hydrogen) atoms. The Morgan fingerprint density at radius 1 is 1.42 bits per heavy atom. The van der Waals surface area contributed by atoms with Crippen molar-refractivity contribution < 1.29 is 10.1 Å². The van der Waals surface area contributed by atoms with Crippen LogP contribution in [0.1, 0.15) is 11.1 Å². The molecular weight excluding hydrogens is 156 g/mol. The molecule has 0 atom stereocenters.